The quantitative estimate of drug-likeness (QED) is 0.828. The van der Waals surface area contributed by atoms with E-state index in [9.17, 15) is 9.59 Å². The van der Waals surface area contributed by atoms with Crippen LogP contribution in [0.3, 0.4) is 0 Å². The van der Waals surface area contributed by atoms with Gasteiger partial charge in [0.25, 0.3) is 0 Å². The lowest BCUT2D eigenvalue weighted by molar-refractivity contribution is -0.142. The zero-order valence-electron chi connectivity index (χ0n) is 11.8. The SMILES string of the molecule is CCCN(CC1CC1)C(=O)N1CC(C)C(C(=O)O)C1. The van der Waals surface area contributed by atoms with Crippen LogP contribution in [0.15, 0.2) is 0 Å². The van der Waals surface area contributed by atoms with Crippen molar-refractivity contribution in [2.45, 2.75) is 33.1 Å². The van der Waals surface area contributed by atoms with Gasteiger partial charge in [-0.25, -0.2) is 4.79 Å². The van der Waals surface area contributed by atoms with Gasteiger partial charge in [0.05, 0.1) is 5.92 Å². The summed E-state index contributed by atoms with van der Waals surface area (Å²) in [6.07, 6.45) is 3.40. The lowest BCUT2D eigenvalue weighted by Crippen LogP contribution is -2.43. The monoisotopic (exact) mass is 268 g/mol. The molecular formula is C14H24N2O3. The zero-order chi connectivity index (χ0) is 14.0. The van der Waals surface area contributed by atoms with E-state index in [-0.39, 0.29) is 11.9 Å². The summed E-state index contributed by atoms with van der Waals surface area (Å²) in [5.41, 5.74) is 0. The van der Waals surface area contributed by atoms with E-state index in [2.05, 4.69) is 6.92 Å². The number of amides is 2. The topological polar surface area (TPSA) is 60.9 Å². The maximum absolute atomic E-state index is 12.5. The number of rotatable bonds is 5. The van der Waals surface area contributed by atoms with Crippen LogP contribution in [0.1, 0.15) is 33.1 Å². The van der Waals surface area contributed by atoms with Crippen molar-refractivity contribution in [2.75, 3.05) is 26.2 Å². The van der Waals surface area contributed by atoms with Gasteiger partial charge < -0.3 is 14.9 Å². The highest BCUT2D eigenvalue weighted by Crippen LogP contribution is 2.31. The second-order valence-corrected chi connectivity index (χ2v) is 6.00. The highest BCUT2D eigenvalue weighted by molar-refractivity contribution is 5.77. The van der Waals surface area contributed by atoms with E-state index in [4.69, 9.17) is 5.11 Å². The molecule has 108 valence electrons. The van der Waals surface area contributed by atoms with E-state index in [0.717, 1.165) is 19.5 Å². The molecule has 0 spiro atoms. The third-order valence-electron chi connectivity index (χ3n) is 4.14. The van der Waals surface area contributed by atoms with Crippen LogP contribution in [-0.4, -0.2) is 53.1 Å². The first-order valence-electron chi connectivity index (χ1n) is 7.29. The Morgan fingerprint density at radius 3 is 2.47 bits per heavy atom. The van der Waals surface area contributed by atoms with Crippen molar-refractivity contribution >= 4 is 12.0 Å². The van der Waals surface area contributed by atoms with Crippen LogP contribution < -0.4 is 0 Å². The molecule has 19 heavy (non-hydrogen) atoms. The van der Waals surface area contributed by atoms with Gasteiger partial charge in [-0.3, -0.25) is 4.79 Å². The predicted molar refractivity (Wildman–Crippen MR) is 71.8 cm³/mol. The molecule has 0 bridgehead atoms. The first kappa shape index (κ1) is 14.2. The minimum atomic E-state index is -0.785. The highest BCUT2D eigenvalue weighted by Gasteiger charge is 2.39. The Labute approximate surface area is 114 Å². The van der Waals surface area contributed by atoms with E-state index in [1.807, 2.05) is 11.8 Å². The molecular weight excluding hydrogens is 244 g/mol. The minimum Gasteiger partial charge on any atom is -0.481 e. The van der Waals surface area contributed by atoms with Crippen LogP contribution in [0.2, 0.25) is 0 Å². The molecule has 1 aliphatic carbocycles. The van der Waals surface area contributed by atoms with Crippen molar-refractivity contribution in [1.29, 1.82) is 0 Å². The van der Waals surface area contributed by atoms with Crippen molar-refractivity contribution in [1.82, 2.24) is 9.80 Å². The summed E-state index contributed by atoms with van der Waals surface area (Å²) in [6, 6.07) is 0.0318. The largest absolute Gasteiger partial charge is 0.481 e. The molecule has 2 fully saturated rings. The molecule has 1 saturated carbocycles. The number of carboxylic acid groups (broad SMARTS) is 1. The maximum atomic E-state index is 12.5. The molecule has 1 saturated heterocycles. The Morgan fingerprint density at radius 1 is 1.32 bits per heavy atom. The van der Waals surface area contributed by atoms with Crippen LogP contribution in [0.4, 0.5) is 4.79 Å². The number of likely N-dealkylation sites (tertiary alicyclic amines) is 1. The summed E-state index contributed by atoms with van der Waals surface area (Å²) in [5.74, 6) is -0.475. The molecule has 2 amide bonds. The van der Waals surface area contributed by atoms with Crippen LogP contribution in [0.25, 0.3) is 0 Å². The molecule has 0 radical (unpaired) electrons. The van der Waals surface area contributed by atoms with Gasteiger partial charge in [-0.2, -0.15) is 0 Å². The minimum absolute atomic E-state index is 0.0318. The fourth-order valence-corrected chi connectivity index (χ4v) is 2.79. The lowest BCUT2D eigenvalue weighted by atomic mass is 9.99. The Hall–Kier alpha value is -1.26. The third-order valence-corrected chi connectivity index (χ3v) is 4.14. The molecule has 1 N–H and O–H groups in total. The van der Waals surface area contributed by atoms with Gasteiger partial charge >= 0.3 is 12.0 Å². The fraction of sp³-hybridized carbons (Fsp3) is 0.857. The second-order valence-electron chi connectivity index (χ2n) is 6.00. The molecule has 0 aromatic heterocycles. The van der Waals surface area contributed by atoms with Gasteiger partial charge in [-0.05, 0) is 31.1 Å². The third kappa shape index (κ3) is 3.39. The van der Waals surface area contributed by atoms with Crippen LogP contribution >= 0.6 is 0 Å². The number of hydrogen-bond donors (Lipinski definition) is 1. The van der Waals surface area contributed by atoms with Crippen molar-refractivity contribution in [3.05, 3.63) is 0 Å². The van der Waals surface area contributed by atoms with E-state index in [1.165, 1.54) is 12.8 Å². The molecule has 0 aromatic rings. The van der Waals surface area contributed by atoms with Crippen LogP contribution in [0.5, 0.6) is 0 Å². The highest BCUT2D eigenvalue weighted by atomic mass is 16.4. The maximum Gasteiger partial charge on any atom is 0.320 e. The molecule has 2 aliphatic rings. The van der Waals surface area contributed by atoms with Gasteiger partial charge in [-0.15, -0.1) is 0 Å². The fourth-order valence-electron chi connectivity index (χ4n) is 2.79. The summed E-state index contributed by atoms with van der Waals surface area (Å²) in [7, 11) is 0. The van der Waals surface area contributed by atoms with Crippen molar-refractivity contribution < 1.29 is 14.7 Å². The van der Waals surface area contributed by atoms with Gasteiger partial charge in [0.1, 0.15) is 0 Å². The number of nitrogens with zero attached hydrogens (tertiary/aromatic N) is 2. The van der Waals surface area contributed by atoms with E-state index in [1.54, 1.807) is 4.90 Å². The Kier molecular flexibility index (Phi) is 4.32. The van der Waals surface area contributed by atoms with Crippen molar-refractivity contribution in [2.24, 2.45) is 17.8 Å². The van der Waals surface area contributed by atoms with Gasteiger partial charge in [-0.1, -0.05) is 13.8 Å². The summed E-state index contributed by atoms with van der Waals surface area (Å²) < 4.78 is 0. The Bertz CT molecular complexity index is 355. The number of carboxylic acids is 1. The summed E-state index contributed by atoms with van der Waals surface area (Å²) >= 11 is 0. The number of carbonyl (C=O) groups is 2. The van der Waals surface area contributed by atoms with Gasteiger partial charge in [0.15, 0.2) is 0 Å². The standard InChI is InChI=1S/C14H24N2O3/c1-3-6-15(8-11-4-5-11)14(19)16-7-10(2)12(9-16)13(17)18/h10-12H,3-9H2,1-2H3,(H,17,18). The van der Waals surface area contributed by atoms with Crippen LogP contribution in [-0.2, 0) is 4.79 Å². The summed E-state index contributed by atoms with van der Waals surface area (Å²) in [4.78, 5) is 27.2. The number of aliphatic carboxylic acids is 1. The normalized spacial score (nSPS) is 26.5. The average Bonchev–Trinajstić information content (AvgIpc) is 3.08. The van der Waals surface area contributed by atoms with Crippen molar-refractivity contribution in [3.63, 3.8) is 0 Å². The van der Waals surface area contributed by atoms with Gasteiger partial charge in [0, 0.05) is 26.2 Å². The molecule has 2 atom stereocenters. The molecule has 2 rings (SSSR count). The Morgan fingerprint density at radius 2 is 2.00 bits per heavy atom. The zero-order valence-corrected chi connectivity index (χ0v) is 11.8. The molecule has 1 heterocycles. The first-order chi connectivity index (χ1) is 9.02. The molecule has 2 unspecified atom stereocenters. The van der Waals surface area contributed by atoms with Crippen molar-refractivity contribution in [3.8, 4) is 0 Å². The summed E-state index contributed by atoms with van der Waals surface area (Å²) in [5, 5.41) is 9.13. The second kappa shape index (κ2) is 5.80. The lowest BCUT2D eigenvalue weighted by Gasteiger charge is -2.28. The Balaban J connectivity index is 1.95. The van der Waals surface area contributed by atoms with E-state index in [0.29, 0.717) is 19.0 Å². The van der Waals surface area contributed by atoms with E-state index < -0.39 is 11.9 Å². The molecule has 0 aromatic carbocycles. The average molecular weight is 268 g/mol. The molecule has 5 heteroatoms. The summed E-state index contributed by atoms with van der Waals surface area (Å²) in [6.45, 7) is 6.53. The predicted octanol–water partition coefficient (Wildman–Crippen LogP) is 1.88. The smallest absolute Gasteiger partial charge is 0.320 e. The number of carbonyl (C=O) groups excluding carboxylic acids is 1. The molecule has 1 aliphatic heterocycles. The number of hydrogen-bond acceptors (Lipinski definition) is 2. The van der Waals surface area contributed by atoms with E-state index >= 15 is 0 Å². The number of urea groups is 1. The van der Waals surface area contributed by atoms with Gasteiger partial charge in [0.2, 0.25) is 0 Å². The van der Waals surface area contributed by atoms with Crippen LogP contribution in [0, 0.1) is 17.8 Å². The molecule has 5 nitrogen and oxygen atoms in total. The first-order valence-corrected chi connectivity index (χ1v) is 7.29.